The lowest BCUT2D eigenvalue weighted by Gasteiger charge is -2.25. The zero-order chi connectivity index (χ0) is 16.7. The van der Waals surface area contributed by atoms with E-state index in [0.29, 0.717) is 5.75 Å². The molecule has 0 unspecified atom stereocenters. The van der Waals surface area contributed by atoms with E-state index in [0.717, 1.165) is 5.56 Å². The standard InChI is InChI=1S/C16H14Cl3NO3/c17-16(18,19)14(23-13-9-5-2-6-10-13)20-15(21)22-11-12-7-3-1-4-8-12/h1-10,14H,11H2,(H,20,21)/t14-/m1/s1. The Bertz CT molecular complexity index is 617. The van der Waals surface area contributed by atoms with Crippen LogP contribution in [0.25, 0.3) is 0 Å². The van der Waals surface area contributed by atoms with Crippen molar-refractivity contribution in [3.8, 4) is 5.75 Å². The lowest BCUT2D eigenvalue weighted by molar-refractivity contribution is 0.106. The normalized spacial score (nSPS) is 12.3. The predicted molar refractivity (Wildman–Crippen MR) is 90.9 cm³/mol. The zero-order valence-electron chi connectivity index (χ0n) is 11.9. The van der Waals surface area contributed by atoms with Gasteiger partial charge >= 0.3 is 6.09 Å². The molecule has 0 radical (unpaired) electrons. The molecule has 2 aromatic carbocycles. The molecule has 0 aliphatic carbocycles. The summed E-state index contributed by atoms with van der Waals surface area (Å²) in [5.41, 5.74) is 0.845. The Kier molecular flexibility index (Phi) is 6.39. The largest absolute Gasteiger partial charge is 0.466 e. The summed E-state index contributed by atoms with van der Waals surface area (Å²) in [4.78, 5) is 11.9. The summed E-state index contributed by atoms with van der Waals surface area (Å²) < 4.78 is 8.72. The highest BCUT2D eigenvalue weighted by molar-refractivity contribution is 6.68. The molecule has 0 bridgehead atoms. The molecule has 1 atom stereocenters. The van der Waals surface area contributed by atoms with E-state index in [1.165, 1.54) is 0 Å². The highest BCUT2D eigenvalue weighted by Gasteiger charge is 2.36. The van der Waals surface area contributed by atoms with Crippen molar-refractivity contribution in [3.63, 3.8) is 0 Å². The predicted octanol–water partition coefficient (Wildman–Crippen LogP) is 4.69. The van der Waals surface area contributed by atoms with Gasteiger partial charge in [0.2, 0.25) is 10.0 Å². The SMILES string of the molecule is O=C(N[C@H](Oc1ccccc1)C(Cl)(Cl)Cl)OCc1ccccc1. The third kappa shape index (κ3) is 6.18. The van der Waals surface area contributed by atoms with Crippen LogP contribution in [0.2, 0.25) is 0 Å². The van der Waals surface area contributed by atoms with Crippen LogP contribution < -0.4 is 10.1 Å². The number of hydrogen-bond donors (Lipinski definition) is 1. The van der Waals surface area contributed by atoms with Gasteiger partial charge in [0.15, 0.2) is 0 Å². The number of benzene rings is 2. The maximum absolute atomic E-state index is 11.9. The number of carbonyl (C=O) groups excluding carboxylic acids is 1. The van der Waals surface area contributed by atoms with Gasteiger partial charge in [-0.3, -0.25) is 5.32 Å². The summed E-state index contributed by atoms with van der Waals surface area (Å²) in [5.74, 6) is 0.451. The molecule has 2 rings (SSSR count). The number of hydrogen-bond acceptors (Lipinski definition) is 3. The average molecular weight is 375 g/mol. The summed E-state index contributed by atoms with van der Waals surface area (Å²) in [6.45, 7) is 0.102. The number of carbonyl (C=O) groups is 1. The summed E-state index contributed by atoms with van der Waals surface area (Å²) in [6, 6.07) is 17.9. The van der Waals surface area contributed by atoms with Gasteiger partial charge in [0, 0.05) is 0 Å². The van der Waals surface area contributed by atoms with Crippen molar-refractivity contribution in [2.24, 2.45) is 0 Å². The van der Waals surface area contributed by atoms with Crippen LogP contribution in [0.15, 0.2) is 60.7 Å². The molecule has 4 nitrogen and oxygen atoms in total. The molecular weight excluding hydrogens is 361 g/mol. The lowest BCUT2D eigenvalue weighted by atomic mass is 10.2. The van der Waals surface area contributed by atoms with Crippen molar-refractivity contribution in [1.29, 1.82) is 0 Å². The molecule has 0 saturated carbocycles. The minimum Gasteiger partial charge on any atom is -0.466 e. The molecule has 0 aliphatic heterocycles. The number of ether oxygens (including phenoxy) is 2. The van der Waals surface area contributed by atoms with Gasteiger partial charge in [0.05, 0.1) is 0 Å². The van der Waals surface area contributed by atoms with Crippen molar-refractivity contribution in [1.82, 2.24) is 5.32 Å². The maximum Gasteiger partial charge on any atom is 0.410 e. The van der Waals surface area contributed by atoms with Crippen LogP contribution in [0.5, 0.6) is 5.75 Å². The van der Waals surface area contributed by atoms with Gasteiger partial charge < -0.3 is 9.47 Å². The molecule has 0 saturated heterocycles. The topological polar surface area (TPSA) is 47.6 Å². The zero-order valence-corrected chi connectivity index (χ0v) is 14.2. The molecule has 1 N–H and O–H groups in total. The number of amides is 1. The highest BCUT2D eigenvalue weighted by Crippen LogP contribution is 2.31. The molecule has 0 aliphatic rings. The van der Waals surface area contributed by atoms with Gasteiger partial charge in [-0.15, -0.1) is 0 Å². The number of alkyl carbamates (subject to hydrolysis) is 1. The fraction of sp³-hybridized carbons (Fsp3) is 0.188. The van der Waals surface area contributed by atoms with Crippen LogP contribution in [0, 0.1) is 0 Å². The number of nitrogens with one attached hydrogen (secondary N) is 1. The Hall–Kier alpha value is -1.62. The van der Waals surface area contributed by atoms with Crippen LogP contribution in [0.3, 0.4) is 0 Å². The first kappa shape index (κ1) is 17.7. The Balaban J connectivity index is 1.93. The molecule has 1 amide bonds. The third-order valence-electron chi connectivity index (χ3n) is 2.76. The molecule has 7 heteroatoms. The van der Waals surface area contributed by atoms with Crippen molar-refractivity contribution < 1.29 is 14.3 Å². The molecule has 2 aromatic rings. The van der Waals surface area contributed by atoms with Crippen molar-refractivity contribution in [2.45, 2.75) is 16.6 Å². The fourth-order valence-electron chi connectivity index (χ4n) is 1.69. The summed E-state index contributed by atoms with van der Waals surface area (Å²) >= 11 is 17.5. The third-order valence-corrected chi connectivity index (χ3v) is 3.35. The van der Waals surface area contributed by atoms with Crippen LogP contribution in [0.4, 0.5) is 4.79 Å². The van der Waals surface area contributed by atoms with E-state index in [9.17, 15) is 4.79 Å². The van der Waals surface area contributed by atoms with E-state index >= 15 is 0 Å². The van der Waals surface area contributed by atoms with Gasteiger partial charge in [-0.05, 0) is 17.7 Å². The summed E-state index contributed by atoms with van der Waals surface area (Å²) in [6.07, 6.45) is -1.95. The molecule has 0 heterocycles. The number of rotatable bonds is 5. The minimum atomic E-state index is -1.86. The van der Waals surface area contributed by atoms with Crippen molar-refractivity contribution >= 4 is 40.9 Å². The summed E-state index contributed by atoms with van der Waals surface area (Å²) in [7, 11) is 0. The fourth-order valence-corrected chi connectivity index (χ4v) is 1.98. The van der Waals surface area contributed by atoms with E-state index < -0.39 is 16.1 Å². The highest BCUT2D eigenvalue weighted by atomic mass is 35.6. The van der Waals surface area contributed by atoms with Crippen LogP contribution in [-0.4, -0.2) is 16.1 Å². The second kappa shape index (κ2) is 8.29. The minimum absolute atomic E-state index is 0.102. The molecular formula is C16H14Cl3NO3. The lowest BCUT2D eigenvalue weighted by Crippen LogP contribution is -2.48. The first-order valence-corrected chi connectivity index (χ1v) is 7.84. The quantitative estimate of drug-likeness (QED) is 0.610. The second-order valence-corrected chi connectivity index (χ2v) is 6.93. The van der Waals surface area contributed by atoms with Gasteiger partial charge in [-0.1, -0.05) is 83.3 Å². The number of alkyl halides is 3. The van der Waals surface area contributed by atoms with Crippen LogP contribution >= 0.6 is 34.8 Å². The Morgan fingerprint density at radius 1 is 1.00 bits per heavy atom. The van der Waals surface area contributed by atoms with E-state index in [1.807, 2.05) is 36.4 Å². The van der Waals surface area contributed by atoms with Gasteiger partial charge in [0.1, 0.15) is 12.4 Å². The van der Waals surface area contributed by atoms with Gasteiger partial charge in [-0.2, -0.15) is 0 Å². The number of halogens is 3. The Morgan fingerprint density at radius 3 is 2.13 bits per heavy atom. The molecule has 0 fully saturated rings. The molecule has 0 spiro atoms. The van der Waals surface area contributed by atoms with E-state index in [2.05, 4.69) is 5.32 Å². The smallest absolute Gasteiger partial charge is 0.410 e. The van der Waals surface area contributed by atoms with Gasteiger partial charge in [0.25, 0.3) is 0 Å². The van der Waals surface area contributed by atoms with Crippen LogP contribution in [-0.2, 0) is 11.3 Å². The monoisotopic (exact) mass is 373 g/mol. The van der Waals surface area contributed by atoms with Crippen LogP contribution in [0.1, 0.15) is 5.56 Å². The molecule has 0 aromatic heterocycles. The van der Waals surface area contributed by atoms with E-state index in [1.54, 1.807) is 24.3 Å². The maximum atomic E-state index is 11.9. The summed E-state index contributed by atoms with van der Waals surface area (Å²) in [5, 5.41) is 2.40. The van der Waals surface area contributed by atoms with E-state index in [4.69, 9.17) is 44.3 Å². The van der Waals surface area contributed by atoms with Crippen molar-refractivity contribution in [2.75, 3.05) is 0 Å². The first-order valence-electron chi connectivity index (χ1n) is 6.71. The average Bonchev–Trinajstić information content (AvgIpc) is 2.53. The van der Waals surface area contributed by atoms with E-state index in [-0.39, 0.29) is 6.61 Å². The van der Waals surface area contributed by atoms with Crippen molar-refractivity contribution in [3.05, 3.63) is 66.2 Å². The first-order chi connectivity index (χ1) is 10.9. The second-order valence-electron chi connectivity index (χ2n) is 4.56. The molecule has 122 valence electrons. The molecule has 23 heavy (non-hydrogen) atoms. The Morgan fingerprint density at radius 2 is 1.57 bits per heavy atom. The Labute approximate surface area is 149 Å². The van der Waals surface area contributed by atoms with Gasteiger partial charge in [-0.25, -0.2) is 4.79 Å². The number of para-hydroxylation sites is 1.